The average Bonchev–Trinajstić information content (AvgIpc) is 3.16. The molecule has 0 amide bonds. The first kappa shape index (κ1) is 14.1. The lowest BCUT2D eigenvalue weighted by Crippen LogP contribution is -2.21. The standard InChI is InChI=1S/C15H16ClN3O2/c1-21-15-17-13(11-8-4-5-9-12(11)16)19(18-15)14(20)10-6-2-3-7-10/h4-5,8-10H,2-3,6-7H2,1H3. The van der Waals surface area contributed by atoms with Crippen LogP contribution in [0.5, 0.6) is 6.01 Å². The van der Waals surface area contributed by atoms with Crippen molar-refractivity contribution in [2.75, 3.05) is 7.11 Å². The number of carbonyl (C=O) groups excluding carboxylic acids is 1. The van der Waals surface area contributed by atoms with Gasteiger partial charge in [-0.1, -0.05) is 36.6 Å². The molecule has 5 nitrogen and oxygen atoms in total. The molecule has 0 radical (unpaired) electrons. The van der Waals surface area contributed by atoms with E-state index in [1.54, 1.807) is 6.07 Å². The average molecular weight is 306 g/mol. The molecule has 3 rings (SSSR count). The second-order valence-electron chi connectivity index (χ2n) is 5.13. The highest BCUT2D eigenvalue weighted by atomic mass is 35.5. The van der Waals surface area contributed by atoms with Crippen LogP contribution in [0, 0.1) is 5.92 Å². The fraction of sp³-hybridized carbons (Fsp3) is 0.400. The minimum atomic E-state index is -0.0294. The number of aromatic nitrogens is 3. The SMILES string of the molecule is COc1nc(-c2ccccc2Cl)n(C(=O)C2CCCC2)n1. The number of halogens is 1. The number of nitrogens with zero attached hydrogens (tertiary/aromatic N) is 3. The summed E-state index contributed by atoms with van der Waals surface area (Å²) < 4.78 is 6.41. The molecule has 0 unspecified atom stereocenters. The Kier molecular flexibility index (Phi) is 3.92. The third-order valence-corrected chi connectivity index (χ3v) is 4.13. The van der Waals surface area contributed by atoms with E-state index in [2.05, 4.69) is 10.1 Å². The number of carbonyl (C=O) groups is 1. The second-order valence-corrected chi connectivity index (χ2v) is 5.54. The zero-order valence-corrected chi connectivity index (χ0v) is 12.5. The minimum absolute atomic E-state index is 0.0117. The van der Waals surface area contributed by atoms with Gasteiger partial charge in [-0.2, -0.15) is 9.67 Å². The summed E-state index contributed by atoms with van der Waals surface area (Å²) in [5, 5.41) is 4.70. The molecule has 2 aromatic rings. The molecule has 0 aliphatic heterocycles. The van der Waals surface area contributed by atoms with E-state index in [0.29, 0.717) is 16.4 Å². The van der Waals surface area contributed by atoms with Crippen LogP contribution in [0.2, 0.25) is 5.02 Å². The molecular weight excluding hydrogens is 290 g/mol. The normalized spacial score (nSPS) is 15.3. The second kappa shape index (κ2) is 5.85. The van der Waals surface area contributed by atoms with Crippen LogP contribution in [0.1, 0.15) is 30.5 Å². The lowest BCUT2D eigenvalue weighted by Gasteiger charge is -2.10. The Morgan fingerprint density at radius 3 is 2.71 bits per heavy atom. The number of ether oxygens (including phenoxy) is 1. The summed E-state index contributed by atoms with van der Waals surface area (Å²) in [5.41, 5.74) is 0.682. The van der Waals surface area contributed by atoms with Crippen LogP contribution in [-0.2, 0) is 0 Å². The van der Waals surface area contributed by atoms with Crippen molar-refractivity contribution in [3.63, 3.8) is 0 Å². The summed E-state index contributed by atoms with van der Waals surface area (Å²) in [6.07, 6.45) is 3.99. The van der Waals surface area contributed by atoms with Crippen molar-refractivity contribution in [2.24, 2.45) is 5.92 Å². The highest BCUT2D eigenvalue weighted by Crippen LogP contribution is 2.31. The molecule has 1 aliphatic rings. The predicted octanol–water partition coefficient (Wildman–Crippen LogP) is 3.44. The molecule has 0 atom stereocenters. The van der Waals surface area contributed by atoms with Crippen LogP contribution in [0.25, 0.3) is 11.4 Å². The van der Waals surface area contributed by atoms with Gasteiger partial charge in [0.25, 0.3) is 5.91 Å². The van der Waals surface area contributed by atoms with E-state index >= 15 is 0 Å². The summed E-state index contributed by atoms with van der Waals surface area (Å²) in [6, 6.07) is 7.46. The van der Waals surface area contributed by atoms with E-state index < -0.39 is 0 Å². The third-order valence-electron chi connectivity index (χ3n) is 3.80. The van der Waals surface area contributed by atoms with Gasteiger partial charge in [0.15, 0.2) is 5.82 Å². The van der Waals surface area contributed by atoms with Gasteiger partial charge in [0.05, 0.1) is 12.1 Å². The molecule has 110 valence electrons. The first-order valence-corrected chi connectivity index (χ1v) is 7.38. The van der Waals surface area contributed by atoms with E-state index in [0.717, 1.165) is 25.7 Å². The van der Waals surface area contributed by atoms with Crippen LogP contribution in [0.4, 0.5) is 0 Å². The van der Waals surface area contributed by atoms with Crippen LogP contribution in [-0.4, -0.2) is 27.8 Å². The van der Waals surface area contributed by atoms with Crippen LogP contribution < -0.4 is 4.74 Å². The maximum atomic E-state index is 12.6. The maximum Gasteiger partial charge on any atom is 0.336 e. The summed E-state index contributed by atoms with van der Waals surface area (Å²) in [6.45, 7) is 0. The van der Waals surface area contributed by atoms with Crippen molar-refractivity contribution in [1.82, 2.24) is 14.8 Å². The van der Waals surface area contributed by atoms with Gasteiger partial charge in [-0.05, 0) is 25.0 Å². The Labute approximate surface area is 127 Å². The van der Waals surface area contributed by atoms with Crippen LogP contribution in [0.3, 0.4) is 0 Å². The quantitative estimate of drug-likeness (QED) is 0.871. The van der Waals surface area contributed by atoms with Gasteiger partial charge in [-0.3, -0.25) is 4.79 Å². The molecule has 1 saturated carbocycles. The Bertz CT molecular complexity index is 663. The van der Waals surface area contributed by atoms with Crippen molar-refractivity contribution in [1.29, 1.82) is 0 Å². The zero-order valence-electron chi connectivity index (χ0n) is 11.8. The monoisotopic (exact) mass is 305 g/mol. The number of benzene rings is 1. The largest absolute Gasteiger partial charge is 0.466 e. The predicted molar refractivity (Wildman–Crippen MR) is 79.6 cm³/mol. The molecule has 21 heavy (non-hydrogen) atoms. The van der Waals surface area contributed by atoms with Crippen molar-refractivity contribution in [2.45, 2.75) is 25.7 Å². The highest BCUT2D eigenvalue weighted by Gasteiger charge is 2.28. The Hall–Kier alpha value is -1.88. The van der Waals surface area contributed by atoms with E-state index in [4.69, 9.17) is 16.3 Å². The molecule has 1 aromatic heterocycles. The smallest absolute Gasteiger partial charge is 0.336 e. The molecule has 0 N–H and O–H groups in total. The molecular formula is C15H16ClN3O2. The number of rotatable bonds is 3. The molecule has 0 saturated heterocycles. The van der Waals surface area contributed by atoms with Gasteiger partial charge in [0.1, 0.15) is 0 Å². The van der Waals surface area contributed by atoms with Gasteiger partial charge in [0.2, 0.25) is 0 Å². The first-order chi connectivity index (χ1) is 10.2. The molecule has 6 heteroatoms. The van der Waals surface area contributed by atoms with Gasteiger partial charge < -0.3 is 4.74 Å². The molecule has 1 aliphatic carbocycles. The van der Waals surface area contributed by atoms with E-state index in [9.17, 15) is 4.79 Å². The summed E-state index contributed by atoms with van der Waals surface area (Å²) in [4.78, 5) is 16.9. The molecule has 0 bridgehead atoms. The Morgan fingerprint density at radius 1 is 1.33 bits per heavy atom. The Morgan fingerprint density at radius 2 is 2.05 bits per heavy atom. The first-order valence-electron chi connectivity index (χ1n) is 7.01. The Balaban J connectivity index is 2.05. The van der Waals surface area contributed by atoms with Gasteiger partial charge in [0, 0.05) is 11.5 Å². The van der Waals surface area contributed by atoms with Crippen molar-refractivity contribution >= 4 is 17.5 Å². The fourth-order valence-electron chi connectivity index (χ4n) is 2.70. The van der Waals surface area contributed by atoms with Crippen LogP contribution in [0.15, 0.2) is 24.3 Å². The third kappa shape index (κ3) is 2.65. The highest BCUT2D eigenvalue weighted by molar-refractivity contribution is 6.33. The molecule has 1 fully saturated rings. The van der Waals surface area contributed by atoms with E-state index in [1.165, 1.54) is 11.8 Å². The number of methoxy groups -OCH3 is 1. The lowest BCUT2D eigenvalue weighted by molar-refractivity contribution is 0.0820. The van der Waals surface area contributed by atoms with E-state index in [1.807, 2.05) is 18.2 Å². The van der Waals surface area contributed by atoms with Crippen molar-refractivity contribution < 1.29 is 9.53 Å². The van der Waals surface area contributed by atoms with Crippen molar-refractivity contribution in [3.8, 4) is 17.4 Å². The summed E-state index contributed by atoms with van der Waals surface area (Å²) >= 11 is 6.21. The van der Waals surface area contributed by atoms with E-state index in [-0.39, 0.29) is 17.8 Å². The van der Waals surface area contributed by atoms with Gasteiger partial charge in [-0.15, -0.1) is 5.10 Å². The topological polar surface area (TPSA) is 57.0 Å². The van der Waals surface area contributed by atoms with Crippen LogP contribution >= 0.6 is 11.6 Å². The number of hydrogen-bond acceptors (Lipinski definition) is 4. The molecule has 1 aromatic carbocycles. The minimum Gasteiger partial charge on any atom is -0.466 e. The number of hydrogen-bond donors (Lipinski definition) is 0. The van der Waals surface area contributed by atoms with Gasteiger partial charge in [-0.25, -0.2) is 0 Å². The zero-order chi connectivity index (χ0) is 14.8. The molecule has 1 heterocycles. The molecule has 0 spiro atoms. The lowest BCUT2D eigenvalue weighted by atomic mass is 10.1. The summed E-state index contributed by atoms with van der Waals surface area (Å²) in [7, 11) is 1.48. The fourth-order valence-corrected chi connectivity index (χ4v) is 2.92. The van der Waals surface area contributed by atoms with Gasteiger partial charge >= 0.3 is 6.01 Å². The summed E-state index contributed by atoms with van der Waals surface area (Å²) in [5.74, 6) is 0.421. The van der Waals surface area contributed by atoms with Crippen molar-refractivity contribution in [3.05, 3.63) is 29.3 Å². The maximum absolute atomic E-state index is 12.6.